The number of sulfonamides is 1. The predicted octanol–water partition coefficient (Wildman–Crippen LogP) is 5.40. The fourth-order valence-electron chi connectivity index (χ4n) is 4.52. The Morgan fingerprint density at radius 2 is 1.57 bits per heavy atom. The van der Waals surface area contributed by atoms with Crippen molar-refractivity contribution in [3.8, 4) is 5.75 Å². The van der Waals surface area contributed by atoms with Crippen LogP contribution in [-0.4, -0.2) is 43.7 Å². The molecule has 8 nitrogen and oxygen atoms in total. The molecule has 216 valence electrons. The second-order valence-electron chi connectivity index (χ2n) is 9.64. The number of nitrogens with zero attached hydrogens (tertiary/aromatic N) is 2. The quantitative estimate of drug-likeness (QED) is 0.258. The van der Waals surface area contributed by atoms with Gasteiger partial charge in [-0.15, -0.1) is 0 Å². The van der Waals surface area contributed by atoms with E-state index >= 15 is 0 Å². The van der Waals surface area contributed by atoms with Crippen molar-refractivity contribution in [2.75, 3.05) is 18.0 Å². The fraction of sp³-hybridized carbons (Fsp3) is 0.161. The van der Waals surface area contributed by atoms with E-state index < -0.39 is 28.6 Å². The molecule has 1 heterocycles. The number of rotatable bonds is 9. The number of hydrogen-bond acceptors (Lipinski definition) is 5. The minimum atomic E-state index is -4.10. The Kier molecular flexibility index (Phi) is 9.27. The highest BCUT2D eigenvalue weighted by molar-refractivity contribution is 9.10. The number of anilines is 1. The van der Waals surface area contributed by atoms with Crippen LogP contribution in [-0.2, 0) is 32.7 Å². The van der Waals surface area contributed by atoms with Gasteiger partial charge >= 0.3 is 0 Å². The number of para-hydroxylation sites is 2. The summed E-state index contributed by atoms with van der Waals surface area (Å²) >= 11 is 9.39. The summed E-state index contributed by atoms with van der Waals surface area (Å²) in [7, 11) is -4.10. The van der Waals surface area contributed by atoms with Crippen molar-refractivity contribution in [1.82, 2.24) is 9.62 Å². The first-order valence-corrected chi connectivity index (χ1v) is 15.7. The molecule has 4 aromatic carbocycles. The largest absolute Gasteiger partial charge is 0.477 e. The van der Waals surface area contributed by atoms with Crippen LogP contribution in [0.2, 0.25) is 5.02 Å². The van der Waals surface area contributed by atoms with Crippen LogP contribution < -0.4 is 15.0 Å². The van der Waals surface area contributed by atoms with Gasteiger partial charge in [0.25, 0.3) is 5.91 Å². The molecule has 42 heavy (non-hydrogen) atoms. The van der Waals surface area contributed by atoms with E-state index in [9.17, 15) is 18.0 Å². The molecule has 0 saturated heterocycles. The summed E-state index contributed by atoms with van der Waals surface area (Å²) in [5.41, 5.74) is 2.08. The van der Waals surface area contributed by atoms with Crippen molar-refractivity contribution in [2.24, 2.45) is 0 Å². The summed E-state index contributed by atoms with van der Waals surface area (Å²) in [6, 6.07) is 29.3. The molecule has 2 amide bonds. The van der Waals surface area contributed by atoms with Crippen molar-refractivity contribution in [3.63, 3.8) is 0 Å². The van der Waals surface area contributed by atoms with Gasteiger partial charge < -0.3 is 15.0 Å². The molecule has 0 aliphatic carbocycles. The van der Waals surface area contributed by atoms with E-state index in [0.717, 1.165) is 14.3 Å². The number of halogens is 2. The van der Waals surface area contributed by atoms with E-state index in [2.05, 4.69) is 21.2 Å². The lowest BCUT2D eigenvalue weighted by Gasteiger charge is -2.35. The van der Waals surface area contributed by atoms with Gasteiger partial charge in [0.15, 0.2) is 6.10 Å². The predicted molar refractivity (Wildman–Crippen MR) is 165 cm³/mol. The second-order valence-corrected chi connectivity index (χ2v) is 12.9. The summed E-state index contributed by atoms with van der Waals surface area (Å²) in [5, 5.41) is 3.26. The normalized spacial score (nSPS) is 14.6. The summed E-state index contributed by atoms with van der Waals surface area (Å²) in [5.74, 6) is -0.523. The Morgan fingerprint density at radius 3 is 2.29 bits per heavy atom. The molecule has 5 rings (SSSR count). The Hall–Kier alpha value is -3.70. The molecular formula is C31H27BrClN3O5S. The highest BCUT2D eigenvalue weighted by Gasteiger charge is 2.36. The molecule has 0 unspecified atom stereocenters. The smallest absolute Gasteiger partial charge is 0.263 e. The Morgan fingerprint density at radius 1 is 0.905 bits per heavy atom. The van der Waals surface area contributed by atoms with E-state index in [4.69, 9.17) is 16.3 Å². The lowest BCUT2D eigenvalue weighted by Crippen LogP contribution is -2.52. The highest BCUT2D eigenvalue weighted by Crippen LogP contribution is 2.34. The molecule has 4 aromatic rings. The molecule has 0 radical (unpaired) electrons. The standard InChI is InChI=1S/C31H27BrClN3O5S/c32-24-12-10-23(11-13-24)19-35(42(39,40)26-16-14-25(33)15-17-26)21-30(37)36-20-29(41-28-9-5-4-8-27(28)36)31(38)34-18-22-6-2-1-3-7-22/h1-17,29H,18-21H2,(H,34,38)/t29-/m0/s1. The Bertz CT molecular complexity index is 1670. The number of hydrogen-bond donors (Lipinski definition) is 1. The van der Waals surface area contributed by atoms with Gasteiger partial charge in [-0.05, 0) is 59.7 Å². The third-order valence-corrected chi connectivity index (χ3v) is 9.30. The molecule has 1 N–H and O–H groups in total. The van der Waals surface area contributed by atoms with Crippen molar-refractivity contribution < 1.29 is 22.7 Å². The summed E-state index contributed by atoms with van der Waals surface area (Å²) < 4.78 is 35.5. The monoisotopic (exact) mass is 667 g/mol. The van der Waals surface area contributed by atoms with Gasteiger partial charge in [-0.3, -0.25) is 9.59 Å². The molecule has 1 atom stereocenters. The Balaban J connectivity index is 1.40. The van der Waals surface area contributed by atoms with Gasteiger partial charge in [0.05, 0.1) is 23.7 Å². The number of fused-ring (bicyclic) bond motifs is 1. The molecule has 1 aliphatic rings. The number of nitrogens with one attached hydrogen (secondary N) is 1. The molecule has 0 bridgehead atoms. The van der Waals surface area contributed by atoms with E-state index in [-0.39, 0.29) is 23.9 Å². The minimum Gasteiger partial charge on any atom is -0.477 e. The summed E-state index contributed by atoms with van der Waals surface area (Å²) in [6.45, 7) is -0.288. The summed E-state index contributed by atoms with van der Waals surface area (Å²) in [4.78, 5) is 28.4. The zero-order valence-corrected chi connectivity index (χ0v) is 25.5. The van der Waals surface area contributed by atoms with Crippen LogP contribution in [0.15, 0.2) is 112 Å². The van der Waals surface area contributed by atoms with E-state index in [1.54, 1.807) is 48.5 Å². The SMILES string of the molecule is O=C(NCc1ccccc1)[C@@H]1CN(C(=O)CN(Cc2ccc(Br)cc2)S(=O)(=O)c2ccc(Cl)cc2)c2ccccc2O1. The molecule has 1 aliphatic heterocycles. The second kappa shape index (κ2) is 13.1. The van der Waals surface area contributed by atoms with Crippen LogP contribution in [0.5, 0.6) is 5.75 Å². The van der Waals surface area contributed by atoms with Crippen LogP contribution in [0.25, 0.3) is 0 Å². The zero-order chi connectivity index (χ0) is 29.7. The Labute approximate surface area is 258 Å². The maximum atomic E-state index is 13.9. The minimum absolute atomic E-state index is 0.0114. The number of amides is 2. The van der Waals surface area contributed by atoms with Crippen LogP contribution in [0.3, 0.4) is 0 Å². The number of benzene rings is 4. The molecule has 11 heteroatoms. The average Bonchev–Trinajstić information content (AvgIpc) is 3.00. The molecule has 0 spiro atoms. The first-order valence-electron chi connectivity index (χ1n) is 13.1. The van der Waals surface area contributed by atoms with Crippen molar-refractivity contribution in [3.05, 3.63) is 124 Å². The molecule has 0 fully saturated rings. The molecule has 0 aromatic heterocycles. The number of carbonyl (C=O) groups excluding carboxylic acids is 2. The summed E-state index contributed by atoms with van der Waals surface area (Å²) in [6.07, 6.45) is -0.986. The van der Waals surface area contributed by atoms with Crippen LogP contribution >= 0.6 is 27.5 Å². The lowest BCUT2D eigenvalue weighted by atomic mass is 10.1. The van der Waals surface area contributed by atoms with E-state index in [1.165, 1.54) is 29.2 Å². The van der Waals surface area contributed by atoms with Gasteiger partial charge in [0.1, 0.15) is 5.75 Å². The lowest BCUT2D eigenvalue weighted by molar-refractivity contribution is -0.128. The number of carbonyl (C=O) groups is 2. The molecular weight excluding hydrogens is 642 g/mol. The van der Waals surface area contributed by atoms with Gasteiger partial charge in [-0.25, -0.2) is 8.42 Å². The van der Waals surface area contributed by atoms with Crippen molar-refractivity contribution in [1.29, 1.82) is 0 Å². The van der Waals surface area contributed by atoms with E-state index in [1.807, 2.05) is 30.3 Å². The highest BCUT2D eigenvalue weighted by atomic mass is 79.9. The maximum absolute atomic E-state index is 13.9. The molecule has 0 saturated carbocycles. The van der Waals surface area contributed by atoms with Gasteiger partial charge in [0, 0.05) is 22.6 Å². The first-order chi connectivity index (χ1) is 20.2. The number of ether oxygens (including phenoxy) is 1. The fourth-order valence-corrected chi connectivity index (χ4v) is 6.29. The average molecular weight is 669 g/mol. The third kappa shape index (κ3) is 7.01. The first kappa shape index (κ1) is 29.8. The third-order valence-electron chi connectivity index (χ3n) is 6.71. The van der Waals surface area contributed by atoms with Gasteiger partial charge in [0.2, 0.25) is 15.9 Å². The zero-order valence-electron chi connectivity index (χ0n) is 22.3. The van der Waals surface area contributed by atoms with Crippen molar-refractivity contribution in [2.45, 2.75) is 24.1 Å². The van der Waals surface area contributed by atoms with E-state index in [0.29, 0.717) is 28.6 Å². The maximum Gasteiger partial charge on any atom is 0.263 e. The topological polar surface area (TPSA) is 96.0 Å². The van der Waals surface area contributed by atoms with Crippen molar-refractivity contribution >= 4 is 55.1 Å². The van der Waals surface area contributed by atoms with Crippen LogP contribution in [0, 0.1) is 0 Å². The van der Waals surface area contributed by atoms with Crippen LogP contribution in [0.1, 0.15) is 11.1 Å². The van der Waals surface area contributed by atoms with Gasteiger partial charge in [-0.1, -0.05) is 82.1 Å². The van der Waals surface area contributed by atoms with Crippen LogP contribution in [0.4, 0.5) is 5.69 Å². The van der Waals surface area contributed by atoms with Gasteiger partial charge in [-0.2, -0.15) is 4.31 Å².